The normalized spacial score (nSPS) is 11.1. The molecule has 7 heteroatoms. The number of hydrogen-bond acceptors (Lipinski definition) is 4. The summed E-state index contributed by atoms with van der Waals surface area (Å²) in [5.41, 5.74) is 4.83. The van der Waals surface area contributed by atoms with E-state index in [4.69, 9.17) is 0 Å². The van der Waals surface area contributed by atoms with Gasteiger partial charge in [0.1, 0.15) is 0 Å². The van der Waals surface area contributed by atoms with Crippen molar-refractivity contribution in [3.63, 3.8) is 0 Å². The molecule has 24 heavy (non-hydrogen) atoms. The van der Waals surface area contributed by atoms with Crippen LogP contribution < -0.4 is 5.32 Å². The lowest BCUT2D eigenvalue weighted by Gasteiger charge is -2.09. The van der Waals surface area contributed by atoms with E-state index in [1.54, 1.807) is 4.68 Å². The SMILES string of the molecule is CCCCn1c(SCC(=O)Nc2c(C)nn(C)c2C)nc(C)c1C. The van der Waals surface area contributed by atoms with Crippen LogP contribution in [-0.4, -0.2) is 31.0 Å². The third-order valence-electron chi connectivity index (χ3n) is 4.26. The summed E-state index contributed by atoms with van der Waals surface area (Å²) in [4.78, 5) is 16.9. The van der Waals surface area contributed by atoms with E-state index in [0.29, 0.717) is 5.75 Å². The second kappa shape index (κ2) is 7.88. The number of hydrogen-bond donors (Lipinski definition) is 1. The summed E-state index contributed by atoms with van der Waals surface area (Å²) in [5.74, 6) is 0.315. The van der Waals surface area contributed by atoms with Crippen molar-refractivity contribution in [1.29, 1.82) is 0 Å². The smallest absolute Gasteiger partial charge is 0.234 e. The van der Waals surface area contributed by atoms with Crippen molar-refractivity contribution in [2.24, 2.45) is 7.05 Å². The minimum atomic E-state index is -0.0282. The monoisotopic (exact) mass is 349 g/mol. The Bertz CT molecular complexity index is 732. The molecular formula is C17H27N5OS. The number of aryl methyl sites for hydroxylation is 3. The molecule has 2 rings (SSSR count). The van der Waals surface area contributed by atoms with Crippen LogP contribution in [0, 0.1) is 27.7 Å². The standard InChI is InChI=1S/C17H27N5OS/c1-7-8-9-22-13(4)11(2)18-17(22)24-10-15(23)19-16-12(3)20-21(6)14(16)5/h7-10H2,1-6H3,(H,19,23). The maximum absolute atomic E-state index is 12.3. The molecule has 0 aliphatic rings. The molecule has 1 amide bonds. The topological polar surface area (TPSA) is 64.7 Å². The molecule has 2 aromatic rings. The highest BCUT2D eigenvalue weighted by Gasteiger charge is 2.15. The van der Waals surface area contributed by atoms with Crippen LogP contribution in [0.2, 0.25) is 0 Å². The Hall–Kier alpha value is -1.76. The molecule has 0 fully saturated rings. The second-order valence-corrected chi connectivity index (χ2v) is 7.02. The first-order valence-electron chi connectivity index (χ1n) is 8.31. The van der Waals surface area contributed by atoms with Gasteiger partial charge >= 0.3 is 0 Å². The van der Waals surface area contributed by atoms with Gasteiger partial charge in [-0.2, -0.15) is 5.10 Å². The molecule has 2 heterocycles. The first-order chi connectivity index (χ1) is 11.3. The number of rotatable bonds is 7. The van der Waals surface area contributed by atoms with Crippen LogP contribution >= 0.6 is 11.8 Å². The second-order valence-electron chi connectivity index (χ2n) is 6.08. The number of carbonyl (C=O) groups excluding carboxylic acids is 1. The lowest BCUT2D eigenvalue weighted by molar-refractivity contribution is -0.113. The number of unbranched alkanes of at least 4 members (excludes halogenated alkanes) is 1. The van der Waals surface area contributed by atoms with Gasteiger partial charge in [0.05, 0.1) is 28.5 Å². The first kappa shape index (κ1) is 18.6. The zero-order valence-corrected chi connectivity index (χ0v) is 16.3. The van der Waals surface area contributed by atoms with Crippen molar-refractivity contribution in [3.05, 3.63) is 22.8 Å². The Morgan fingerprint density at radius 3 is 2.46 bits per heavy atom. The predicted molar refractivity (Wildman–Crippen MR) is 98.6 cm³/mol. The van der Waals surface area contributed by atoms with Crippen molar-refractivity contribution >= 4 is 23.4 Å². The van der Waals surface area contributed by atoms with E-state index in [-0.39, 0.29) is 5.91 Å². The third-order valence-corrected chi connectivity index (χ3v) is 5.24. The fourth-order valence-electron chi connectivity index (χ4n) is 2.57. The van der Waals surface area contributed by atoms with E-state index >= 15 is 0 Å². The Morgan fingerprint density at radius 2 is 1.88 bits per heavy atom. The summed E-state index contributed by atoms with van der Waals surface area (Å²) < 4.78 is 4.00. The van der Waals surface area contributed by atoms with E-state index in [9.17, 15) is 4.79 Å². The largest absolute Gasteiger partial charge is 0.323 e. The number of anilines is 1. The van der Waals surface area contributed by atoms with Crippen molar-refractivity contribution in [2.45, 2.75) is 59.2 Å². The van der Waals surface area contributed by atoms with Gasteiger partial charge in [-0.1, -0.05) is 25.1 Å². The highest BCUT2D eigenvalue weighted by Crippen LogP contribution is 2.23. The highest BCUT2D eigenvalue weighted by atomic mass is 32.2. The lowest BCUT2D eigenvalue weighted by atomic mass is 10.3. The summed E-state index contributed by atoms with van der Waals surface area (Å²) in [6, 6.07) is 0. The van der Waals surface area contributed by atoms with E-state index in [1.165, 1.54) is 17.5 Å². The molecule has 1 N–H and O–H groups in total. The van der Waals surface area contributed by atoms with Gasteiger partial charge in [-0.05, 0) is 34.1 Å². The Labute approximate surface area is 148 Å². The molecule has 0 saturated heterocycles. The molecule has 132 valence electrons. The quantitative estimate of drug-likeness (QED) is 0.778. The molecule has 0 bridgehead atoms. The summed E-state index contributed by atoms with van der Waals surface area (Å²) in [6.07, 6.45) is 2.26. The van der Waals surface area contributed by atoms with Crippen molar-refractivity contribution in [3.8, 4) is 0 Å². The van der Waals surface area contributed by atoms with Gasteiger partial charge in [0.15, 0.2) is 5.16 Å². The van der Waals surface area contributed by atoms with Crippen LogP contribution in [0.1, 0.15) is 42.5 Å². The molecule has 2 aromatic heterocycles. The van der Waals surface area contributed by atoms with Gasteiger partial charge in [0.25, 0.3) is 0 Å². The number of amides is 1. The zero-order chi connectivity index (χ0) is 17.9. The summed E-state index contributed by atoms with van der Waals surface area (Å²) in [6.45, 7) is 11.1. The Morgan fingerprint density at radius 1 is 1.17 bits per heavy atom. The summed E-state index contributed by atoms with van der Waals surface area (Å²) in [5, 5.41) is 8.22. The molecule has 0 radical (unpaired) electrons. The highest BCUT2D eigenvalue weighted by molar-refractivity contribution is 7.99. The van der Waals surface area contributed by atoms with E-state index in [1.807, 2.05) is 27.8 Å². The third kappa shape index (κ3) is 4.01. The van der Waals surface area contributed by atoms with Gasteiger partial charge in [-0.3, -0.25) is 9.48 Å². The Kier molecular flexibility index (Phi) is 6.10. The first-order valence-corrected chi connectivity index (χ1v) is 9.30. The van der Waals surface area contributed by atoms with Crippen molar-refractivity contribution in [1.82, 2.24) is 19.3 Å². The minimum Gasteiger partial charge on any atom is -0.323 e. The van der Waals surface area contributed by atoms with Crippen LogP contribution in [0.15, 0.2) is 5.16 Å². The van der Waals surface area contributed by atoms with Gasteiger partial charge in [0.2, 0.25) is 5.91 Å². The number of aromatic nitrogens is 4. The van der Waals surface area contributed by atoms with Crippen LogP contribution in [0.25, 0.3) is 0 Å². The fourth-order valence-corrected chi connectivity index (χ4v) is 3.49. The summed E-state index contributed by atoms with van der Waals surface area (Å²) in [7, 11) is 1.88. The predicted octanol–water partition coefficient (Wildman–Crippen LogP) is 3.38. The maximum Gasteiger partial charge on any atom is 0.234 e. The lowest BCUT2D eigenvalue weighted by Crippen LogP contribution is -2.16. The molecule has 0 aliphatic heterocycles. The number of thioether (sulfide) groups is 1. The van der Waals surface area contributed by atoms with Gasteiger partial charge < -0.3 is 9.88 Å². The van der Waals surface area contributed by atoms with E-state index in [0.717, 1.165) is 47.3 Å². The van der Waals surface area contributed by atoms with Crippen molar-refractivity contribution < 1.29 is 4.79 Å². The zero-order valence-electron chi connectivity index (χ0n) is 15.4. The molecule has 0 saturated carbocycles. The average Bonchev–Trinajstić information content (AvgIpc) is 2.94. The van der Waals surface area contributed by atoms with Crippen LogP contribution in [0.4, 0.5) is 5.69 Å². The fraction of sp³-hybridized carbons (Fsp3) is 0.588. The molecule has 0 aromatic carbocycles. The van der Waals surface area contributed by atoms with Gasteiger partial charge in [-0.15, -0.1) is 0 Å². The molecule has 0 atom stereocenters. The molecule has 0 spiro atoms. The number of carbonyl (C=O) groups is 1. The molecule has 0 unspecified atom stereocenters. The van der Waals surface area contributed by atoms with Crippen LogP contribution in [0.5, 0.6) is 0 Å². The van der Waals surface area contributed by atoms with Crippen molar-refractivity contribution in [2.75, 3.05) is 11.1 Å². The Balaban J connectivity index is 2.03. The number of nitrogens with one attached hydrogen (secondary N) is 1. The minimum absolute atomic E-state index is 0.0282. The van der Waals surface area contributed by atoms with Crippen LogP contribution in [-0.2, 0) is 18.4 Å². The summed E-state index contributed by atoms with van der Waals surface area (Å²) >= 11 is 1.49. The number of nitrogens with zero attached hydrogens (tertiary/aromatic N) is 4. The molecular weight excluding hydrogens is 322 g/mol. The van der Waals surface area contributed by atoms with Crippen LogP contribution in [0.3, 0.4) is 0 Å². The average molecular weight is 350 g/mol. The van der Waals surface area contributed by atoms with E-state index < -0.39 is 0 Å². The van der Waals surface area contributed by atoms with E-state index in [2.05, 4.69) is 33.8 Å². The number of imidazole rings is 1. The molecule has 6 nitrogen and oxygen atoms in total. The maximum atomic E-state index is 12.3. The molecule has 0 aliphatic carbocycles. The van der Waals surface area contributed by atoms with Gasteiger partial charge in [-0.25, -0.2) is 4.98 Å². The van der Waals surface area contributed by atoms with Gasteiger partial charge in [0, 0.05) is 19.3 Å².